The SMILES string of the molecule is CNc1ccc(Cn2nc(C)c(CC(=O)O)c2C)cc1. The second kappa shape index (κ2) is 5.77. The van der Waals surface area contributed by atoms with Gasteiger partial charge in [0.25, 0.3) is 0 Å². The fourth-order valence-electron chi connectivity index (χ4n) is 2.24. The highest BCUT2D eigenvalue weighted by Crippen LogP contribution is 2.16. The summed E-state index contributed by atoms with van der Waals surface area (Å²) in [5.41, 5.74) is 4.72. The molecule has 0 aliphatic heterocycles. The number of carboxylic acid groups (broad SMARTS) is 1. The molecule has 0 amide bonds. The predicted molar refractivity (Wildman–Crippen MR) is 78.1 cm³/mol. The molecular weight excluding hydrogens is 254 g/mol. The lowest BCUT2D eigenvalue weighted by Crippen LogP contribution is -2.06. The largest absolute Gasteiger partial charge is 0.481 e. The molecule has 2 N–H and O–H groups in total. The van der Waals surface area contributed by atoms with Crippen LogP contribution in [-0.2, 0) is 17.8 Å². The number of nitrogens with one attached hydrogen (secondary N) is 1. The molecule has 1 aromatic carbocycles. The molecule has 0 fully saturated rings. The van der Waals surface area contributed by atoms with Gasteiger partial charge < -0.3 is 10.4 Å². The molecule has 0 aliphatic carbocycles. The van der Waals surface area contributed by atoms with Gasteiger partial charge in [-0.15, -0.1) is 0 Å². The van der Waals surface area contributed by atoms with Crippen LogP contribution in [0.1, 0.15) is 22.5 Å². The van der Waals surface area contributed by atoms with Crippen LogP contribution in [0.15, 0.2) is 24.3 Å². The van der Waals surface area contributed by atoms with Gasteiger partial charge in [-0.05, 0) is 31.5 Å². The first-order chi connectivity index (χ1) is 9.51. The van der Waals surface area contributed by atoms with E-state index in [1.54, 1.807) is 0 Å². The number of carboxylic acids is 1. The van der Waals surface area contributed by atoms with Crippen molar-refractivity contribution in [1.82, 2.24) is 9.78 Å². The van der Waals surface area contributed by atoms with Crippen LogP contribution in [0.25, 0.3) is 0 Å². The average Bonchev–Trinajstić information content (AvgIpc) is 2.67. The van der Waals surface area contributed by atoms with Crippen molar-refractivity contribution in [3.05, 3.63) is 46.8 Å². The summed E-state index contributed by atoms with van der Waals surface area (Å²) >= 11 is 0. The van der Waals surface area contributed by atoms with E-state index in [2.05, 4.69) is 10.4 Å². The summed E-state index contributed by atoms with van der Waals surface area (Å²) < 4.78 is 1.86. The van der Waals surface area contributed by atoms with Crippen molar-refractivity contribution < 1.29 is 9.90 Å². The quantitative estimate of drug-likeness (QED) is 0.876. The third-order valence-corrected chi connectivity index (χ3v) is 3.43. The highest BCUT2D eigenvalue weighted by atomic mass is 16.4. The van der Waals surface area contributed by atoms with Crippen LogP contribution in [0.4, 0.5) is 5.69 Å². The van der Waals surface area contributed by atoms with Crippen molar-refractivity contribution in [3.8, 4) is 0 Å². The average molecular weight is 273 g/mol. The molecule has 0 saturated heterocycles. The van der Waals surface area contributed by atoms with Gasteiger partial charge in [-0.25, -0.2) is 0 Å². The van der Waals surface area contributed by atoms with Gasteiger partial charge in [0, 0.05) is 24.0 Å². The minimum absolute atomic E-state index is 0.0242. The molecule has 0 spiro atoms. The Balaban J connectivity index is 2.22. The minimum atomic E-state index is -0.825. The predicted octanol–water partition coefficient (Wildman–Crippen LogP) is 2.22. The van der Waals surface area contributed by atoms with Gasteiger partial charge in [0.2, 0.25) is 0 Å². The number of aliphatic carboxylic acids is 1. The van der Waals surface area contributed by atoms with Crippen LogP contribution in [0.3, 0.4) is 0 Å². The fraction of sp³-hybridized carbons (Fsp3) is 0.333. The van der Waals surface area contributed by atoms with Crippen molar-refractivity contribution in [1.29, 1.82) is 0 Å². The van der Waals surface area contributed by atoms with Gasteiger partial charge in [0.05, 0.1) is 18.7 Å². The van der Waals surface area contributed by atoms with E-state index in [-0.39, 0.29) is 6.42 Å². The van der Waals surface area contributed by atoms with Gasteiger partial charge in [-0.1, -0.05) is 12.1 Å². The summed E-state index contributed by atoms with van der Waals surface area (Å²) in [7, 11) is 1.88. The summed E-state index contributed by atoms with van der Waals surface area (Å²) in [6.07, 6.45) is 0.0242. The molecule has 0 unspecified atom stereocenters. The molecule has 2 aromatic rings. The first-order valence-corrected chi connectivity index (χ1v) is 6.52. The van der Waals surface area contributed by atoms with Crippen molar-refractivity contribution in [2.24, 2.45) is 0 Å². The second-order valence-electron chi connectivity index (χ2n) is 4.82. The lowest BCUT2D eigenvalue weighted by Gasteiger charge is -2.06. The van der Waals surface area contributed by atoms with E-state index < -0.39 is 5.97 Å². The molecule has 1 heterocycles. The summed E-state index contributed by atoms with van der Waals surface area (Å²) in [5.74, 6) is -0.825. The van der Waals surface area contributed by atoms with Crippen LogP contribution in [0.5, 0.6) is 0 Å². The Morgan fingerprint density at radius 3 is 2.50 bits per heavy atom. The Morgan fingerprint density at radius 1 is 1.30 bits per heavy atom. The molecule has 0 radical (unpaired) electrons. The first-order valence-electron chi connectivity index (χ1n) is 6.52. The smallest absolute Gasteiger partial charge is 0.307 e. The minimum Gasteiger partial charge on any atom is -0.481 e. The maximum Gasteiger partial charge on any atom is 0.307 e. The maximum atomic E-state index is 10.9. The zero-order valence-electron chi connectivity index (χ0n) is 12.0. The molecule has 2 rings (SSSR count). The van der Waals surface area contributed by atoms with E-state index in [0.717, 1.165) is 28.2 Å². The molecule has 106 valence electrons. The van der Waals surface area contributed by atoms with Gasteiger partial charge in [-0.3, -0.25) is 9.48 Å². The lowest BCUT2D eigenvalue weighted by molar-refractivity contribution is -0.136. The van der Waals surface area contributed by atoms with Gasteiger partial charge in [0.1, 0.15) is 0 Å². The van der Waals surface area contributed by atoms with E-state index in [0.29, 0.717) is 6.54 Å². The molecule has 0 saturated carbocycles. The van der Waals surface area contributed by atoms with Crippen molar-refractivity contribution in [2.75, 3.05) is 12.4 Å². The zero-order chi connectivity index (χ0) is 14.7. The second-order valence-corrected chi connectivity index (χ2v) is 4.82. The molecule has 0 bridgehead atoms. The number of rotatable bonds is 5. The summed E-state index contributed by atoms with van der Waals surface area (Å²) in [5, 5.41) is 16.4. The van der Waals surface area contributed by atoms with Crippen molar-refractivity contribution >= 4 is 11.7 Å². The summed E-state index contributed by atoms with van der Waals surface area (Å²) in [6.45, 7) is 4.42. The number of anilines is 1. The number of aryl methyl sites for hydroxylation is 1. The first kappa shape index (κ1) is 14.1. The van der Waals surface area contributed by atoms with Crippen molar-refractivity contribution in [3.63, 3.8) is 0 Å². The third kappa shape index (κ3) is 2.99. The number of benzene rings is 1. The Morgan fingerprint density at radius 2 is 1.95 bits per heavy atom. The number of nitrogens with zero attached hydrogens (tertiary/aromatic N) is 2. The monoisotopic (exact) mass is 273 g/mol. The van der Waals surface area contributed by atoms with Crippen LogP contribution < -0.4 is 5.32 Å². The van der Waals surface area contributed by atoms with Crippen LogP contribution >= 0.6 is 0 Å². The topological polar surface area (TPSA) is 67.2 Å². The molecule has 5 heteroatoms. The number of hydrogen-bond acceptors (Lipinski definition) is 3. The van der Waals surface area contributed by atoms with Gasteiger partial charge in [0.15, 0.2) is 0 Å². The standard InChI is InChI=1S/C15H19N3O2/c1-10-14(8-15(19)20)11(2)18(17-10)9-12-4-6-13(16-3)7-5-12/h4-7,16H,8-9H2,1-3H3,(H,19,20). The summed E-state index contributed by atoms with van der Waals surface area (Å²) in [6, 6.07) is 8.11. The van der Waals surface area contributed by atoms with E-state index in [9.17, 15) is 4.79 Å². The normalized spacial score (nSPS) is 10.6. The summed E-state index contributed by atoms with van der Waals surface area (Å²) in [4.78, 5) is 10.9. The van der Waals surface area contributed by atoms with Gasteiger partial charge in [-0.2, -0.15) is 5.10 Å². The number of hydrogen-bond donors (Lipinski definition) is 2. The molecule has 20 heavy (non-hydrogen) atoms. The van der Waals surface area contributed by atoms with E-state index in [1.807, 2.05) is 49.8 Å². The Hall–Kier alpha value is -2.30. The highest BCUT2D eigenvalue weighted by Gasteiger charge is 2.14. The molecular formula is C15H19N3O2. The van der Waals surface area contributed by atoms with E-state index >= 15 is 0 Å². The zero-order valence-corrected chi connectivity index (χ0v) is 12.0. The molecule has 5 nitrogen and oxygen atoms in total. The Kier molecular flexibility index (Phi) is 4.08. The molecule has 0 aliphatic rings. The Bertz CT molecular complexity index is 615. The fourth-order valence-corrected chi connectivity index (χ4v) is 2.24. The van der Waals surface area contributed by atoms with E-state index in [4.69, 9.17) is 5.11 Å². The van der Waals surface area contributed by atoms with Crippen LogP contribution in [-0.4, -0.2) is 27.9 Å². The third-order valence-electron chi connectivity index (χ3n) is 3.43. The molecule has 1 aromatic heterocycles. The van der Waals surface area contributed by atoms with Crippen LogP contribution in [0, 0.1) is 13.8 Å². The number of aromatic nitrogens is 2. The maximum absolute atomic E-state index is 10.9. The van der Waals surface area contributed by atoms with Gasteiger partial charge >= 0.3 is 5.97 Å². The highest BCUT2D eigenvalue weighted by molar-refractivity contribution is 5.70. The van der Waals surface area contributed by atoms with E-state index in [1.165, 1.54) is 0 Å². The molecule has 0 atom stereocenters. The number of carbonyl (C=O) groups is 1. The van der Waals surface area contributed by atoms with Crippen molar-refractivity contribution in [2.45, 2.75) is 26.8 Å². The van der Waals surface area contributed by atoms with Crippen LogP contribution in [0.2, 0.25) is 0 Å². The lowest BCUT2D eigenvalue weighted by atomic mass is 10.1. The Labute approximate surface area is 118 Å².